The second-order valence-electron chi connectivity index (χ2n) is 15.9. The normalized spacial score (nSPS) is 12.2. The van der Waals surface area contributed by atoms with Crippen molar-refractivity contribution >= 4 is 59.9 Å². The molecule has 3 aromatic heterocycles. The number of benzene rings is 4. The van der Waals surface area contributed by atoms with Gasteiger partial charge in [-0.1, -0.05) is 114 Å². The van der Waals surface area contributed by atoms with Gasteiger partial charge in [-0.3, -0.25) is 9.78 Å². The molecule has 4 nitrogen and oxygen atoms in total. The molecule has 0 fully saturated rings. The third-order valence-electron chi connectivity index (χ3n) is 10.7. The number of carbonyl (C=O) groups is 1. The van der Waals surface area contributed by atoms with Crippen LogP contribution in [-0.2, 0) is 31.3 Å². The van der Waals surface area contributed by atoms with Crippen LogP contribution >= 0.6 is 11.3 Å². The Kier molecular flexibility index (Phi) is 13.6. The number of thiophene rings is 1. The quantitative estimate of drug-likeness (QED) is 0.0843. The number of nitrogens with zero attached hydrogens (tertiary/aromatic N) is 1. The number of aromatic nitrogens is 1. The van der Waals surface area contributed by atoms with Gasteiger partial charge < -0.3 is 9.52 Å². The Hall–Kier alpha value is -4.09. The van der Waals surface area contributed by atoms with E-state index in [1.807, 2.05) is 45.2 Å². The van der Waals surface area contributed by atoms with Crippen molar-refractivity contribution in [2.45, 2.75) is 94.4 Å². The Balaban J connectivity index is 0.000000311. The van der Waals surface area contributed by atoms with Crippen molar-refractivity contribution in [2.75, 3.05) is 0 Å². The molecule has 1 radical (unpaired) electrons. The minimum Gasteiger partial charge on any atom is -0.512 e. The fourth-order valence-corrected chi connectivity index (χ4v) is 8.89. The van der Waals surface area contributed by atoms with Gasteiger partial charge in [0.05, 0.1) is 11.3 Å². The smallest absolute Gasteiger partial charge is 0.162 e. The Morgan fingerprint density at radius 1 is 0.873 bits per heavy atom. The van der Waals surface area contributed by atoms with E-state index in [1.54, 1.807) is 0 Å². The largest absolute Gasteiger partial charge is 0.512 e. The van der Waals surface area contributed by atoms with Gasteiger partial charge in [0, 0.05) is 64.9 Å². The average molecular weight is 929 g/mol. The summed E-state index contributed by atoms with van der Waals surface area (Å²) >= 11 is 1.82. The van der Waals surface area contributed by atoms with Crippen molar-refractivity contribution in [1.82, 2.24) is 4.98 Å². The number of fused-ring (bicyclic) bond motifs is 6. The Morgan fingerprint density at radius 3 is 2.20 bits per heavy atom. The van der Waals surface area contributed by atoms with Crippen molar-refractivity contribution in [3.05, 3.63) is 114 Å². The van der Waals surface area contributed by atoms with Gasteiger partial charge in [0.2, 0.25) is 0 Å². The van der Waals surface area contributed by atoms with Gasteiger partial charge >= 0.3 is 0 Å². The molecule has 0 aliphatic carbocycles. The van der Waals surface area contributed by atoms with E-state index in [1.165, 1.54) is 43.3 Å². The van der Waals surface area contributed by atoms with E-state index in [4.69, 9.17) is 9.40 Å². The van der Waals surface area contributed by atoms with Crippen LogP contribution in [0.3, 0.4) is 0 Å². The molecule has 289 valence electrons. The molecule has 0 bridgehead atoms. The first-order chi connectivity index (χ1) is 25.9. The summed E-state index contributed by atoms with van der Waals surface area (Å²) in [5.41, 5.74) is 8.99. The molecule has 4 aromatic carbocycles. The van der Waals surface area contributed by atoms with Crippen LogP contribution in [0.2, 0.25) is 0 Å². The number of allylic oxidation sites excluding steroid dienone is 2. The monoisotopic (exact) mass is 929 g/mol. The zero-order chi connectivity index (χ0) is 38.7. The zero-order valence-electron chi connectivity index (χ0n) is 33.7. The first kappa shape index (κ1) is 42.1. The fraction of sp³-hybridized carbons (Fsp3) is 0.347. The van der Waals surface area contributed by atoms with Gasteiger partial charge in [0.25, 0.3) is 0 Å². The molecule has 0 saturated carbocycles. The standard InChI is InChI=1S/C36H30NOS.C13H24O2.Ir/c1-21-10-15-28-30(18-21)38-33-29(19-25-8-6-7-9-27(25)31(28)33)32-35-26(16-17-37-32)22(2)34(39-35)24-13-11-23(12-14-24)20-36(3,4)5;1-5-10(6-2)12(14)9-13(15)11(7-3)8-4;/h6-18H,20H2,1-5H3;9-11,14H,5-8H2,1-4H3;/q-1;;/b;12-9-;. The second kappa shape index (κ2) is 17.8. The van der Waals surface area contributed by atoms with Gasteiger partial charge in [-0.25, -0.2) is 0 Å². The van der Waals surface area contributed by atoms with Gasteiger partial charge in [0.1, 0.15) is 5.58 Å². The van der Waals surface area contributed by atoms with Crippen LogP contribution in [0.1, 0.15) is 90.8 Å². The Labute approximate surface area is 344 Å². The van der Waals surface area contributed by atoms with Crippen LogP contribution < -0.4 is 0 Å². The predicted octanol–water partition coefficient (Wildman–Crippen LogP) is 14.6. The SMILES string of the molecule is CCC(CC)C(=O)/C=C(\O)C(CC)CC.Cc1ccc2c(c1)oc1c(-c3nccc4c(C)c(-c5ccc(CC(C)(C)C)cc5)sc34)[c-]c3ccccc3c12.[Ir]. The first-order valence-corrected chi connectivity index (χ1v) is 20.4. The number of aliphatic hydroxyl groups is 1. The second-order valence-corrected chi connectivity index (χ2v) is 16.9. The van der Waals surface area contributed by atoms with Crippen molar-refractivity contribution < 1.29 is 34.4 Å². The summed E-state index contributed by atoms with van der Waals surface area (Å²) in [4.78, 5) is 17.9. The van der Waals surface area contributed by atoms with Crippen molar-refractivity contribution in [2.24, 2.45) is 17.3 Å². The topological polar surface area (TPSA) is 63.3 Å². The molecular weight excluding hydrogens is 875 g/mol. The van der Waals surface area contributed by atoms with Crippen molar-refractivity contribution in [3.8, 4) is 21.7 Å². The fourth-order valence-electron chi connectivity index (χ4n) is 7.58. The molecule has 6 heteroatoms. The molecule has 0 spiro atoms. The predicted molar refractivity (Wildman–Crippen MR) is 231 cm³/mol. The minimum absolute atomic E-state index is 0. The summed E-state index contributed by atoms with van der Waals surface area (Å²) in [6, 6.07) is 29.9. The number of ketones is 1. The van der Waals surface area contributed by atoms with Crippen LogP contribution in [0.15, 0.2) is 95.2 Å². The maximum Gasteiger partial charge on any atom is 0.162 e. The van der Waals surface area contributed by atoms with Crippen LogP contribution in [0.25, 0.3) is 64.5 Å². The van der Waals surface area contributed by atoms with E-state index in [-0.39, 0.29) is 48.9 Å². The van der Waals surface area contributed by atoms with Gasteiger partial charge in [0.15, 0.2) is 5.78 Å². The van der Waals surface area contributed by atoms with Crippen LogP contribution in [0.4, 0.5) is 0 Å². The summed E-state index contributed by atoms with van der Waals surface area (Å²) in [6.07, 6.45) is 7.90. The number of aryl methyl sites for hydroxylation is 2. The first-order valence-electron chi connectivity index (χ1n) is 19.6. The summed E-state index contributed by atoms with van der Waals surface area (Å²) in [5, 5.41) is 15.5. The van der Waals surface area contributed by atoms with Crippen molar-refractivity contribution in [3.63, 3.8) is 0 Å². The molecule has 0 atom stereocenters. The molecule has 0 amide bonds. The molecule has 0 unspecified atom stereocenters. The van der Waals surface area contributed by atoms with Crippen LogP contribution in [0, 0.1) is 37.2 Å². The third kappa shape index (κ3) is 8.99. The van der Waals surface area contributed by atoms with E-state index < -0.39 is 0 Å². The third-order valence-corrected chi connectivity index (χ3v) is 12.0. The molecule has 0 aliphatic rings. The summed E-state index contributed by atoms with van der Waals surface area (Å²) < 4.78 is 7.76. The number of carbonyl (C=O) groups excluding carboxylic acids is 1. The number of hydrogen-bond acceptors (Lipinski definition) is 5. The van der Waals surface area contributed by atoms with Gasteiger partial charge in [-0.15, -0.1) is 28.9 Å². The number of aliphatic hydroxyl groups excluding tert-OH is 1. The van der Waals surface area contributed by atoms with Gasteiger partial charge in [-0.2, -0.15) is 0 Å². The molecule has 3 heterocycles. The molecule has 0 saturated heterocycles. The summed E-state index contributed by atoms with van der Waals surface area (Å²) in [5.74, 6) is 0.547. The van der Waals surface area contributed by atoms with Crippen LogP contribution in [0.5, 0.6) is 0 Å². The van der Waals surface area contributed by atoms with Crippen molar-refractivity contribution in [1.29, 1.82) is 0 Å². The molecule has 0 aliphatic heterocycles. The average Bonchev–Trinajstić information content (AvgIpc) is 3.70. The van der Waals surface area contributed by atoms with E-state index in [0.29, 0.717) is 0 Å². The Morgan fingerprint density at radius 2 is 1.55 bits per heavy atom. The summed E-state index contributed by atoms with van der Waals surface area (Å²) in [6.45, 7) is 19.3. The maximum atomic E-state index is 11.7. The molecule has 7 rings (SSSR count). The molecule has 7 aromatic rings. The minimum atomic E-state index is 0. The van der Waals surface area contributed by atoms with E-state index in [9.17, 15) is 9.90 Å². The molecular formula is C49H54IrNO3S-. The Bertz CT molecular complexity index is 2460. The van der Waals surface area contributed by atoms with Crippen LogP contribution in [-0.4, -0.2) is 15.9 Å². The zero-order valence-corrected chi connectivity index (χ0v) is 36.9. The van der Waals surface area contributed by atoms with Gasteiger partial charge in [-0.05, 0) is 96.5 Å². The maximum absolute atomic E-state index is 11.7. The van der Waals surface area contributed by atoms with E-state index >= 15 is 0 Å². The molecule has 55 heavy (non-hydrogen) atoms. The number of rotatable bonds is 10. The van der Waals surface area contributed by atoms with E-state index in [0.717, 1.165) is 76.1 Å². The molecule has 1 N–H and O–H groups in total. The number of hydrogen-bond donors (Lipinski definition) is 1. The summed E-state index contributed by atoms with van der Waals surface area (Å²) in [7, 11) is 0. The number of pyridine rings is 1. The number of furan rings is 1. The van der Waals surface area contributed by atoms with E-state index in [2.05, 4.69) is 113 Å².